The summed E-state index contributed by atoms with van der Waals surface area (Å²) in [5, 5.41) is 1.00. The molecule has 2 rings (SSSR count). The second-order valence-electron chi connectivity index (χ2n) is 3.67. The zero-order chi connectivity index (χ0) is 12.1. The molecule has 2 N–H and O–H groups in total. The molecule has 0 spiro atoms. The van der Waals surface area contributed by atoms with Crippen LogP contribution in [0.2, 0.25) is 0 Å². The fourth-order valence-electron chi connectivity index (χ4n) is 1.65. The minimum atomic E-state index is 0.408. The van der Waals surface area contributed by atoms with Gasteiger partial charge in [0.05, 0.1) is 17.8 Å². The molecule has 0 aliphatic heterocycles. The lowest BCUT2D eigenvalue weighted by atomic mass is 10.2. The largest absolute Gasteiger partial charge is 0.490 e. The predicted molar refractivity (Wildman–Crippen MR) is 67.0 cm³/mol. The molecule has 1 heterocycles. The van der Waals surface area contributed by atoms with Gasteiger partial charge in [0.15, 0.2) is 0 Å². The molecular weight excluding hydrogens is 216 g/mol. The van der Waals surface area contributed by atoms with Crippen LogP contribution in [-0.4, -0.2) is 25.3 Å². The number of fused-ring (bicyclic) bond motifs is 1. The first kappa shape index (κ1) is 11.8. The van der Waals surface area contributed by atoms with E-state index in [1.165, 1.54) is 0 Å². The van der Waals surface area contributed by atoms with Crippen molar-refractivity contribution in [1.82, 2.24) is 4.98 Å². The third kappa shape index (κ3) is 2.72. The van der Waals surface area contributed by atoms with Crippen LogP contribution >= 0.6 is 0 Å². The number of para-hydroxylation sites is 1. The minimum absolute atomic E-state index is 0.408. The number of aromatic nitrogens is 1. The van der Waals surface area contributed by atoms with Crippen molar-refractivity contribution in [1.29, 1.82) is 0 Å². The number of rotatable bonds is 5. The van der Waals surface area contributed by atoms with Gasteiger partial charge in [-0.05, 0) is 12.1 Å². The molecule has 17 heavy (non-hydrogen) atoms. The van der Waals surface area contributed by atoms with Crippen LogP contribution in [-0.2, 0) is 11.3 Å². The van der Waals surface area contributed by atoms with E-state index in [0.29, 0.717) is 19.8 Å². The average Bonchev–Trinajstić information content (AvgIpc) is 2.38. The van der Waals surface area contributed by atoms with Crippen molar-refractivity contribution in [2.75, 3.05) is 20.3 Å². The van der Waals surface area contributed by atoms with Gasteiger partial charge in [0.1, 0.15) is 12.4 Å². The van der Waals surface area contributed by atoms with E-state index in [-0.39, 0.29) is 0 Å². The maximum absolute atomic E-state index is 5.68. The molecular formula is C13H16N2O2. The van der Waals surface area contributed by atoms with Gasteiger partial charge in [-0.3, -0.25) is 4.98 Å². The second kappa shape index (κ2) is 5.61. The standard InChI is InChI=1S/C13H16N2O2/c1-16-6-7-17-13-8-10(9-14)15-12-5-3-2-4-11(12)13/h2-5,8H,6-7,9,14H2,1H3. The highest BCUT2D eigenvalue weighted by molar-refractivity contribution is 5.85. The first-order chi connectivity index (χ1) is 8.35. The van der Waals surface area contributed by atoms with Gasteiger partial charge in [-0.1, -0.05) is 12.1 Å². The number of pyridine rings is 1. The van der Waals surface area contributed by atoms with Crippen LogP contribution in [0, 0.1) is 0 Å². The van der Waals surface area contributed by atoms with E-state index in [1.807, 2.05) is 30.3 Å². The molecule has 0 aliphatic carbocycles. The predicted octanol–water partition coefficient (Wildman–Crippen LogP) is 1.72. The number of hydrogen-bond acceptors (Lipinski definition) is 4. The van der Waals surface area contributed by atoms with E-state index in [2.05, 4.69) is 4.98 Å². The first-order valence-electron chi connectivity index (χ1n) is 5.55. The van der Waals surface area contributed by atoms with Gasteiger partial charge in [0.2, 0.25) is 0 Å². The summed E-state index contributed by atoms with van der Waals surface area (Å²) in [7, 11) is 1.65. The van der Waals surface area contributed by atoms with Crippen molar-refractivity contribution in [3.05, 3.63) is 36.0 Å². The molecule has 0 atom stereocenters. The summed E-state index contributed by atoms with van der Waals surface area (Å²) in [5.41, 5.74) is 7.36. The van der Waals surface area contributed by atoms with Crippen LogP contribution in [0.5, 0.6) is 5.75 Å². The first-order valence-corrected chi connectivity index (χ1v) is 5.55. The topological polar surface area (TPSA) is 57.4 Å². The SMILES string of the molecule is COCCOc1cc(CN)nc2ccccc12. The van der Waals surface area contributed by atoms with Crippen molar-refractivity contribution >= 4 is 10.9 Å². The highest BCUT2D eigenvalue weighted by Crippen LogP contribution is 2.25. The Labute approximate surface area is 100 Å². The number of ether oxygens (including phenoxy) is 2. The third-order valence-corrected chi connectivity index (χ3v) is 2.49. The van der Waals surface area contributed by atoms with Crippen molar-refractivity contribution in [2.24, 2.45) is 5.73 Å². The van der Waals surface area contributed by atoms with Crippen molar-refractivity contribution in [3.8, 4) is 5.75 Å². The fourth-order valence-corrected chi connectivity index (χ4v) is 1.65. The molecule has 2 aromatic rings. The molecule has 0 amide bonds. The Bertz CT molecular complexity index is 500. The lowest BCUT2D eigenvalue weighted by Gasteiger charge is -2.10. The lowest BCUT2D eigenvalue weighted by Crippen LogP contribution is -2.06. The molecule has 90 valence electrons. The Balaban J connectivity index is 2.36. The van der Waals surface area contributed by atoms with E-state index in [1.54, 1.807) is 7.11 Å². The Morgan fingerprint density at radius 1 is 1.24 bits per heavy atom. The number of methoxy groups -OCH3 is 1. The van der Waals surface area contributed by atoms with Gasteiger partial charge in [0.25, 0.3) is 0 Å². The highest BCUT2D eigenvalue weighted by Gasteiger charge is 2.05. The molecule has 4 nitrogen and oxygen atoms in total. The van der Waals surface area contributed by atoms with Crippen LogP contribution in [0.15, 0.2) is 30.3 Å². The maximum atomic E-state index is 5.68. The molecule has 0 radical (unpaired) electrons. The minimum Gasteiger partial charge on any atom is -0.490 e. The number of nitrogens with two attached hydrogens (primary N) is 1. The second-order valence-corrected chi connectivity index (χ2v) is 3.67. The maximum Gasteiger partial charge on any atom is 0.130 e. The van der Waals surface area contributed by atoms with E-state index in [9.17, 15) is 0 Å². The number of hydrogen-bond donors (Lipinski definition) is 1. The van der Waals surface area contributed by atoms with Crippen molar-refractivity contribution in [2.45, 2.75) is 6.54 Å². The molecule has 0 saturated carbocycles. The average molecular weight is 232 g/mol. The van der Waals surface area contributed by atoms with Crippen molar-refractivity contribution in [3.63, 3.8) is 0 Å². The Kier molecular flexibility index (Phi) is 3.90. The van der Waals surface area contributed by atoms with Gasteiger partial charge in [0, 0.05) is 25.1 Å². The summed E-state index contributed by atoms with van der Waals surface area (Å²) >= 11 is 0. The normalized spacial score (nSPS) is 10.7. The van der Waals surface area contributed by atoms with Crippen LogP contribution < -0.4 is 10.5 Å². The van der Waals surface area contributed by atoms with Gasteiger partial charge in [-0.25, -0.2) is 0 Å². The van der Waals surface area contributed by atoms with Crippen molar-refractivity contribution < 1.29 is 9.47 Å². The number of nitrogens with zero attached hydrogens (tertiary/aromatic N) is 1. The molecule has 0 saturated heterocycles. The Hall–Kier alpha value is -1.65. The molecule has 1 aromatic carbocycles. The van der Waals surface area contributed by atoms with Crippen LogP contribution in [0.4, 0.5) is 0 Å². The number of benzene rings is 1. The van der Waals surface area contributed by atoms with Gasteiger partial charge >= 0.3 is 0 Å². The molecule has 1 aromatic heterocycles. The van der Waals surface area contributed by atoms with Crippen LogP contribution in [0.3, 0.4) is 0 Å². The zero-order valence-electron chi connectivity index (χ0n) is 9.85. The lowest BCUT2D eigenvalue weighted by molar-refractivity contribution is 0.147. The van der Waals surface area contributed by atoms with E-state index < -0.39 is 0 Å². The zero-order valence-corrected chi connectivity index (χ0v) is 9.85. The van der Waals surface area contributed by atoms with E-state index in [4.69, 9.17) is 15.2 Å². The molecule has 0 bridgehead atoms. The monoisotopic (exact) mass is 232 g/mol. The quantitative estimate of drug-likeness (QED) is 0.797. The summed E-state index contributed by atoms with van der Waals surface area (Å²) in [4.78, 5) is 4.45. The molecule has 4 heteroatoms. The fraction of sp³-hybridized carbons (Fsp3) is 0.308. The summed E-state index contributed by atoms with van der Waals surface area (Å²) in [6.45, 7) is 1.49. The van der Waals surface area contributed by atoms with Crippen LogP contribution in [0.25, 0.3) is 10.9 Å². The van der Waals surface area contributed by atoms with Gasteiger partial charge in [-0.2, -0.15) is 0 Å². The summed E-state index contributed by atoms with van der Waals surface area (Å²) in [5.74, 6) is 0.813. The highest BCUT2D eigenvalue weighted by atomic mass is 16.5. The van der Waals surface area contributed by atoms with Gasteiger partial charge in [-0.15, -0.1) is 0 Å². The van der Waals surface area contributed by atoms with E-state index in [0.717, 1.165) is 22.3 Å². The summed E-state index contributed by atoms with van der Waals surface area (Å²) in [6.07, 6.45) is 0. The molecule has 0 unspecified atom stereocenters. The Morgan fingerprint density at radius 3 is 2.82 bits per heavy atom. The summed E-state index contributed by atoms with van der Waals surface area (Å²) < 4.78 is 10.6. The van der Waals surface area contributed by atoms with Gasteiger partial charge < -0.3 is 15.2 Å². The third-order valence-electron chi connectivity index (χ3n) is 2.49. The molecule has 0 fully saturated rings. The molecule has 0 aliphatic rings. The summed E-state index contributed by atoms with van der Waals surface area (Å²) in [6, 6.07) is 9.75. The smallest absolute Gasteiger partial charge is 0.130 e. The van der Waals surface area contributed by atoms with E-state index >= 15 is 0 Å². The Morgan fingerprint density at radius 2 is 2.06 bits per heavy atom. The van der Waals surface area contributed by atoms with Crippen LogP contribution in [0.1, 0.15) is 5.69 Å².